The van der Waals surface area contributed by atoms with Crippen LogP contribution in [0.5, 0.6) is 0 Å². The van der Waals surface area contributed by atoms with E-state index in [1.165, 1.54) is 13.2 Å². The first-order valence-electron chi connectivity index (χ1n) is 5.86. The van der Waals surface area contributed by atoms with E-state index in [-0.39, 0.29) is 24.1 Å². The molecule has 7 heteroatoms. The normalized spacial score (nSPS) is 11.8. The highest BCUT2D eigenvalue weighted by atomic mass is 32.2. The van der Waals surface area contributed by atoms with Gasteiger partial charge in [-0.3, -0.25) is 9.59 Å². The smallest absolute Gasteiger partial charge is 0.307 e. The molecule has 1 N–H and O–H groups in total. The molecule has 0 fully saturated rings. The van der Waals surface area contributed by atoms with Gasteiger partial charge in [0, 0.05) is 10.9 Å². The highest BCUT2D eigenvalue weighted by Gasteiger charge is 2.12. The predicted octanol–water partition coefficient (Wildman–Crippen LogP) is 2.12. The van der Waals surface area contributed by atoms with E-state index in [0.717, 1.165) is 23.9 Å². The van der Waals surface area contributed by atoms with Gasteiger partial charge in [-0.15, -0.1) is 11.8 Å². The van der Waals surface area contributed by atoms with Gasteiger partial charge in [-0.25, -0.2) is 8.78 Å². The summed E-state index contributed by atoms with van der Waals surface area (Å²) in [5.41, 5.74) is 0. The van der Waals surface area contributed by atoms with Crippen LogP contribution >= 0.6 is 11.8 Å². The van der Waals surface area contributed by atoms with Crippen molar-refractivity contribution in [1.82, 2.24) is 5.32 Å². The van der Waals surface area contributed by atoms with E-state index in [0.29, 0.717) is 4.90 Å². The van der Waals surface area contributed by atoms with Crippen LogP contribution in [0.15, 0.2) is 23.1 Å². The van der Waals surface area contributed by atoms with Crippen molar-refractivity contribution in [1.29, 1.82) is 0 Å². The number of nitrogens with one attached hydrogen (secondary N) is 1. The second kappa shape index (κ2) is 7.84. The average molecular weight is 303 g/mol. The summed E-state index contributed by atoms with van der Waals surface area (Å²) in [5.74, 6) is -2.53. The molecular weight excluding hydrogens is 288 g/mol. The highest BCUT2D eigenvalue weighted by Crippen LogP contribution is 2.20. The molecule has 0 radical (unpaired) electrons. The maximum atomic E-state index is 13.0. The lowest BCUT2D eigenvalue weighted by atomic mass is 10.2. The first-order valence-corrected chi connectivity index (χ1v) is 6.85. The molecule has 0 saturated carbocycles. The SMILES string of the molecule is COC(=O)CC(C)NC(=O)CSc1ccc(F)c(F)c1. The summed E-state index contributed by atoms with van der Waals surface area (Å²) in [6.07, 6.45) is 0.0814. The summed E-state index contributed by atoms with van der Waals surface area (Å²) in [6.45, 7) is 1.68. The zero-order valence-corrected chi connectivity index (χ0v) is 11.9. The second-order valence-electron chi connectivity index (χ2n) is 4.11. The Morgan fingerprint density at radius 1 is 1.35 bits per heavy atom. The molecule has 110 valence electrons. The van der Waals surface area contributed by atoms with Crippen LogP contribution in [0.1, 0.15) is 13.3 Å². The molecule has 1 rings (SSSR count). The molecule has 0 aliphatic carbocycles. The summed E-state index contributed by atoms with van der Waals surface area (Å²) >= 11 is 1.08. The Kier molecular flexibility index (Phi) is 6.44. The van der Waals surface area contributed by atoms with Crippen molar-refractivity contribution in [3.8, 4) is 0 Å². The van der Waals surface area contributed by atoms with Gasteiger partial charge in [0.15, 0.2) is 11.6 Å². The van der Waals surface area contributed by atoms with Crippen molar-refractivity contribution in [3.63, 3.8) is 0 Å². The lowest BCUT2D eigenvalue weighted by Crippen LogP contribution is -2.35. The van der Waals surface area contributed by atoms with Crippen LogP contribution in [-0.4, -0.2) is 30.8 Å². The fourth-order valence-electron chi connectivity index (χ4n) is 1.42. The van der Waals surface area contributed by atoms with Gasteiger partial charge >= 0.3 is 5.97 Å². The summed E-state index contributed by atoms with van der Waals surface area (Å²) in [6, 6.07) is 3.09. The molecule has 0 aliphatic heterocycles. The molecule has 0 aromatic heterocycles. The van der Waals surface area contributed by atoms with Crippen molar-refractivity contribution in [2.24, 2.45) is 0 Å². The molecule has 1 aromatic carbocycles. The Balaban J connectivity index is 2.39. The summed E-state index contributed by atoms with van der Waals surface area (Å²) in [5, 5.41) is 2.61. The van der Waals surface area contributed by atoms with E-state index >= 15 is 0 Å². The van der Waals surface area contributed by atoms with Crippen LogP contribution < -0.4 is 5.32 Å². The summed E-state index contributed by atoms with van der Waals surface area (Å²) < 4.78 is 30.2. The summed E-state index contributed by atoms with van der Waals surface area (Å²) in [7, 11) is 1.27. The Morgan fingerprint density at radius 3 is 2.65 bits per heavy atom. The maximum absolute atomic E-state index is 13.0. The molecule has 0 bridgehead atoms. The quantitative estimate of drug-likeness (QED) is 0.646. The minimum atomic E-state index is -0.950. The number of hydrogen-bond acceptors (Lipinski definition) is 4. The number of rotatable bonds is 6. The van der Waals surface area contributed by atoms with Gasteiger partial charge in [-0.05, 0) is 25.1 Å². The van der Waals surface area contributed by atoms with Crippen molar-refractivity contribution in [3.05, 3.63) is 29.8 Å². The Hall–Kier alpha value is -1.63. The Bertz CT molecular complexity index is 497. The number of hydrogen-bond donors (Lipinski definition) is 1. The third-order valence-corrected chi connectivity index (χ3v) is 3.36. The number of thioether (sulfide) groups is 1. The highest BCUT2D eigenvalue weighted by molar-refractivity contribution is 8.00. The molecule has 0 spiro atoms. The number of carbonyl (C=O) groups excluding carboxylic acids is 2. The van der Waals surface area contributed by atoms with Crippen molar-refractivity contribution in [2.75, 3.05) is 12.9 Å². The third kappa shape index (κ3) is 5.56. The van der Waals surface area contributed by atoms with E-state index in [2.05, 4.69) is 10.1 Å². The molecule has 1 atom stereocenters. The monoisotopic (exact) mass is 303 g/mol. The molecular formula is C13H15F2NO3S. The van der Waals surface area contributed by atoms with E-state index in [1.807, 2.05) is 0 Å². The minimum absolute atomic E-state index is 0.0522. The van der Waals surface area contributed by atoms with E-state index in [9.17, 15) is 18.4 Å². The van der Waals surface area contributed by atoms with Gasteiger partial charge in [0.05, 0.1) is 19.3 Å². The van der Waals surface area contributed by atoms with E-state index < -0.39 is 17.6 Å². The van der Waals surface area contributed by atoms with Gasteiger partial charge in [0.25, 0.3) is 0 Å². The van der Waals surface area contributed by atoms with Crippen molar-refractivity contribution < 1.29 is 23.1 Å². The molecule has 0 aliphatic rings. The topological polar surface area (TPSA) is 55.4 Å². The minimum Gasteiger partial charge on any atom is -0.469 e. The van der Waals surface area contributed by atoms with Crippen LogP contribution in [0.25, 0.3) is 0 Å². The van der Waals surface area contributed by atoms with Gasteiger partial charge in [-0.1, -0.05) is 0 Å². The average Bonchev–Trinajstić information content (AvgIpc) is 2.39. The van der Waals surface area contributed by atoms with Crippen LogP contribution in [0, 0.1) is 11.6 Å². The van der Waals surface area contributed by atoms with Crippen LogP contribution in [0.2, 0.25) is 0 Å². The van der Waals surface area contributed by atoms with Crippen LogP contribution in [0.4, 0.5) is 8.78 Å². The lowest BCUT2D eigenvalue weighted by molar-refractivity contribution is -0.141. The zero-order chi connectivity index (χ0) is 15.1. The number of benzene rings is 1. The number of methoxy groups -OCH3 is 1. The molecule has 0 saturated heterocycles. The number of amides is 1. The molecule has 1 unspecified atom stereocenters. The standard InChI is InChI=1S/C13H15F2NO3S/c1-8(5-13(18)19-2)16-12(17)7-20-9-3-4-10(14)11(15)6-9/h3-4,6,8H,5,7H2,1-2H3,(H,16,17). The fraction of sp³-hybridized carbons (Fsp3) is 0.385. The molecule has 20 heavy (non-hydrogen) atoms. The lowest BCUT2D eigenvalue weighted by Gasteiger charge is -2.12. The fourth-order valence-corrected chi connectivity index (χ4v) is 2.15. The number of carbonyl (C=O) groups is 2. The zero-order valence-electron chi connectivity index (χ0n) is 11.1. The van der Waals surface area contributed by atoms with Gasteiger partial charge in [0.1, 0.15) is 0 Å². The van der Waals surface area contributed by atoms with Gasteiger partial charge in [0.2, 0.25) is 5.91 Å². The third-order valence-electron chi connectivity index (χ3n) is 2.37. The second-order valence-corrected chi connectivity index (χ2v) is 5.16. The van der Waals surface area contributed by atoms with Crippen molar-refractivity contribution >= 4 is 23.6 Å². The summed E-state index contributed by atoms with van der Waals surface area (Å²) in [4.78, 5) is 23.1. The largest absolute Gasteiger partial charge is 0.469 e. The Morgan fingerprint density at radius 2 is 2.05 bits per heavy atom. The number of esters is 1. The van der Waals surface area contributed by atoms with Gasteiger partial charge < -0.3 is 10.1 Å². The first kappa shape index (κ1) is 16.4. The maximum Gasteiger partial charge on any atom is 0.307 e. The van der Waals surface area contributed by atoms with E-state index in [4.69, 9.17) is 0 Å². The molecule has 0 heterocycles. The first-order chi connectivity index (χ1) is 9.42. The number of halogens is 2. The molecule has 1 amide bonds. The van der Waals surface area contributed by atoms with Gasteiger partial charge in [-0.2, -0.15) is 0 Å². The number of ether oxygens (including phenoxy) is 1. The van der Waals surface area contributed by atoms with Crippen LogP contribution in [-0.2, 0) is 14.3 Å². The van der Waals surface area contributed by atoms with Crippen LogP contribution in [0.3, 0.4) is 0 Å². The predicted molar refractivity (Wildman–Crippen MR) is 71.3 cm³/mol. The molecule has 1 aromatic rings. The Labute approximate surface area is 119 Å². The molecule has 4 nitrogen and oxygen atoms in total. The van der Waals surface area contributed by atoms with E-state index in [1.54, 1.807) is 6.92 Å². The van der Waals surface area contributed by atoms with Crippen molar-refractivity contribution in [2.45, 2.75) is 24.3 Å².